The van der Waals surface area contributed by atoms with E-state index in [9.17, 15) is 4.79 Å². The summed E-state index contributed by atoms with van der Waals surface area (Å²) in [4.78, 5) is 12.3. The molecule has 0 aliphatic rings. The minimum atomic E-state index is -0.919. The van der Waals surface area contributed by atoms with Crippen molar-refractivity contribution in [3.63, 3.8) is 0 Å². The van der Waals surface area contributed by atoms with Crippen molar-refractivity contribution in [1.29, 1.82) is 0 Å². The average Bonchev–Trinajstić information content (AvgIpc) is 2.44. The molecule has 0 atom stereocenters. The molecule has 6 heteroatoms. The monoisotopic (exact) mass is 255 g/mol. The van der Waals surface area contributed by atoms with Crippen LogP contribution in [0.1, 0.15) is 11.3 Å². The Hall–Kier alpha value is -1.51. The molecule has 0 aliphatic carbocycles. The molecular weight excluding hydrogens is 242 g/mol. The van der Waals surface area contributed by atoms with Crippen molar-refractivity contribution in [2.24, 2.45) is 7.05 Å². The number of aromatic nitrogens is 2. The lowest BCUT2D eigenvalue weighted by molar-refractivity contribution is -0.138. The maximum Gasteiger partial charge on any atom is 0.317 e. The third kappa shape index (κ3) is 3.48. The van der Waals surface area contributed by atoms with Gasteiger partial charge in [-0.05, 0) is 6.92 Å². The maximum atomic E-state index is 10.7. The van der Waals surface area contributed by atoms with Crippen LogP contribution in [-0.4, -0.2) is 38.8 Å². The summed E-state index contributed by atoms with van der Waals surface area (Å²) in [7, 11) is 1.74. The molecule has 0 bridgehead atoms. The van der Waals surface area contributed by atoms with Crippen LogP contribution < -0.4 is 0 Å². The molecule has 92 valence electrons. The first-order valence-electron chi connectivity index (χ1n) is 5.01. The van der Waals surface area contributed by atoms with E-state index in [0.29, 0.717) is 11.7 Å². The largest absolute Gasteiger partial charge is 0.480 e. The molecule has 1 heterocycles. The molecule has 0 unspecified atom stereocenters. The highest BCUT2D eigenvalue weighted by Crippen LogP contribution is 2.20. The first-order valence-corrected chi connectivity index (χ1v) is 5.39. The van der Waals surface area contributed by atoms with Crippen LogP contribution in [0.4, 0.5) is 0 Å². The Morgan fingerprint density at radius 3 is 2.76 bits per heavy atom. The van der Waals surface area contributed by atoms with Crippen LogP contribution in [0.3, 0.4) is 0 Å². The number of carboxylic acids is 1. The van der Waals surface area contributed by atoms with Gasteiger partial charge in [-0.25, -0.2) is 0 Å². The third-order valence-electron chi connectivity index (χ3n) is 2.33. The van der Waals surface area contributed by atoms with Gasteiger partial charge in [0, 0.05) is 19.2 Å². The summed E-state index contributed by atoms with van der Waals surface area (Å²) in [5, 5.41) is 13.4. The van der Waals surface area contributed by atoms with Crippen molar-refractivity contribution < 1.29 is 9.90 Å². The lowest BCUT2D eigenvalue weighted by atomic mass is 10.2. The highest BCUT2D eigenvalue weighted by Gasteiger charge is 2.16. The quantitative estimate of drug-likeness (QED) is 0.795. The molecule has 0 fully saturated rings. The summed E-state index contributed by atoms with van der Waals surface area (Å²) in [6, 6.07) is 0. The molecule has 0 radical (unpaired) electrons. The predicted molar refractivity (Wildman–Crippen MR) is 64.7 cm³/mol. The number of rotatable bonds is 5. The highest BCUT2D eigenvalue weighted by atomic mass is 35.5. The molecule has 1 aromatic heterocycles. The van der Waals surface area contributed by atoms with Gasteiger partial charge in [-0.3, -0.25) is 14.4 Å². The van der Waals surface area contributed by atoms with E-state index in [2.05, 4.69) is 11.0 Å². The Labute approximate surface area is 105 Å². The molecule has 1 rings (SSSR count). The number of carboxylic acid groups (broad SMARTS) is 1. The Kier molecular flexibility index (Phi) is 4.55. The topological polar surface area (TPSA) is 58.4 Å². The molecule has 0 aliphatic heterocycles. The van der Waals surface area contributed by atoms with Gasteiger partial charge >= 0.3 is 5.97 Å². The van der Waals surface area contributed by atoms with Gasteiger partial charge in [0.1, 0.15) is 5.15 Å². The van der Waals surface area contributed by atoms with E-state index in [1.54, 1.807) is 16.6 Å². The fourth-order valence-electron chi connectivity index (χ4n) is 1.57. The SMILES string of the molecule is C#CCN(CC(=O)O)Cc1c(C)nn(C)c1Cl. The molecule has 0 saturated carbocycles. The van der Waals surface area contributed by atoms with Gasteiger partial charge < -0.3 is 5.11 Å². The second-order valence-corrected chi connectivity index (χ2v) is 4.08. The summed E-state index contributed by atoms with van der Waals surface area (Å²) < 4.78 is 1.56. The first kappa shape index (κ1) is 13.6. The summed E-state index contributed by atoms with van der Waals surface area (Å²) in [6.45, 7) is 2.36. The molecule has 1 aromatic rings. The standard InChI is InChI=1S/C11H14ClN3O2/c1-4-5-15(7-10(16)17)6-9-8(2)13-14(3)11(9)12/h1H,5-7H2,2-3H3,(H,16,17). The summed E-state index contributed by atoms with van der Waals surface area (Å²) >= 11 is 6.07. The number of terminal acetylenes is 1. The van der Waals surface area contributed by atoms with Gasteiger partial charge in [0.05, 0.1) is 18.8 Å². The zero-order valence-corrected chi connectivity index (χ0v) is 10.5. The molecule has 0 spiro atoms. The van der Waals surface area contributed by atoms with Crippen molar-refractivity contribution in [2.75, 3.05) is 13.1 Å². The number of aliphatic carboxylic acids is 1. The summed E-state index contributed by atoms with van der Waals surface area (Å²) in [5.41, 5.74) is 1.59. The molecular formula is C11H14ClN3O2. The Morgan fingerprint density at radius 2 is 2.35 bits per heavy atom. The van der Waals surface area contributed by atoms with Gasteiger partial charge in [-0.15, -0.1) is 6.42 Å². The molecule has 0 saturated heterocycles. The smallest absolute Gasteiger partial charge is 0.317 e. The van der Waals surface area contributed by atoms with E-state index in [4.69, 9.17) is 23.1 Å². The average molecular weight is 256 g/mol. The molecule has 5 nitrogen and oxygen atoms in total. The normalized spacial score (nSPS) is 10.5. The van der Waals surface area contributed by atoms with E-state index >= 15 is 0 Å². The highest BCUT2D eigenvalue weighted by molar-refractivity contribution is 6.30. The Bertz CT molecular complexity index is 462. The van der Waals surface area contributed by atoms with E-state index in [1.165, 1.54) is 0 Å². The zero-order valence-electron chi connectivity index (χ0n) is 9.77. The van der Waals surface area contributed by atoms with Crippen LogP contribution >= 0.6 is 11.6 Å². The predicted octanol–water partition coefficient (Wildman–Crippen LogP) is 0.902. The van der Waals surface area contributed by atoms with Gasteiger partial charge in [0.2, 0.25) is 0 Å². The lowest BCUT2D eigenvalue weighted by Crippen LogP contribution is -2.29. The van der Waals surface area contributed by atoms with Gasteiger partial charge in [-0.2, -0.15) is 5.10 Å². The second-order valence-electron chi connectivity index (χ2n) is 3.72. The van der Waals surface area contributed by atoms with E-state index in [0.717, 1.165) is 11.3 Å². The molecule has 0 amide bonds. The summed E-state index contributed by atoms with van der Waals surface area (Å²) in [5.74, 6) is 1.51. The molecule has 0 aromatic carbocycles. The van der Waals surface area contributed by atoms with Gasteiger partial charge in [0.25, 0.3) is 0 Å². The van der Waals surface area contributed by atoms with Crippen LogP contribution in [0.5, 0.6) is 0 Å². The van der Waals surface area contributed by atoms with E-state index in [1.807, 2.05) is 6.92 Å². The second kappa shape index (κ2) is 5.71. The molecule has 1 N–H and O–H groups in total. The number of nitrogens with zero attached hydrogens (tertiary/aromatic N) is 3. The van der Waals surface area contributed by atoms with Crippen LogP contribution in [0.25, 0.3) is 0 Å². The first-order chi connectivity index (χ1) is 7.95. The number of aryl methyl sites for hydroxylation is 2. The van der Waals surface area contributed by atoms with Gasteiger partial charge in [0.15, 0.2) is 0 Å². The lowest BCUT2D eigenvalue weighted by Gasteiger charge is -2.17. The van der Waals surface area contributed by atoms with Gasteiger partial charge in [-0.1, -0.05) is 17.5 Å². The molecule has 17 heavy (non-hydrogen) atoms. The van der Waals surface area contributed by atoms with Crippen LogP contribution in [0, 0.1) is 19.3 Å². The maximum absolute atomic E-state index is 10.7. The van der Waals surface area contributed by atoms with Crippen LogP contribution in [-0.2, 0) is 18.4 Å². The number of halogens is 1. The van der Waals surface area contributed by atoms with E-state index in [-0.39, 0.29) is 13.1 Å². The minimum Gasteiger partial charge on any atom is -0.480 e. The fraction of sp³-hybridized carbons (Fsp3) is 0.455. The number of hydrogen-bond acceptors (Lipinski definition) is 3. The number of carbonyl (C=O) groups is 1. The van der Waals surface area contributed by atoms with Crippen LogP contribution in [0.2, 0.25) is 5.15 Å². The fourth-order valence-corrected chi connectivity index (χ4v) is 1.80. The Morgan fingerprint density at radius 1 is 1.71 bits per heavy atom. The Balaban J connectivity index is 2.86. The van der Waals surface area contributed by atoms with Crippen molar-refractivity contribution in [1.82, 2.24) is 14.7 Å². The van der Waals surface area contributed by atoms with Crippen molar-refractivity contribution >= 4 is 17.6 Å². The van der Waals surface area contributed by atoms with Crippen molar-refractivity contribution in [2.45, 2.75) is 13.5 Å². The minimum absolute atomic E-state index is 0.116. The van der Waals surface area contributed by atoms with Crippen LogP contribution in [0.15, 0.2) is 0 Å². The van der Waals surface area contributed by atoms with Crippen molar-refractivity contribution in [3.8, 4) is 12.3 Å². The third-order valence-corrected chi connectivity index (χ3v) is 2.80. The van der Waals surface area contributed by atoms with Crippen molar-refractivity contribution in [3.05, 3.63) is 16.4 Å². The van der Waals surface area contributed by atoms with E-state index < -0.39 is 5.97 Å². The number of hydrogen-bond donors (Lipinski definition) is 1. The summed E-state index contributed by atoms with van der Waals surface area (Å²) in [6.07, 6.45) is 5.20. The zero-order chi connectivity index (χ0) is 13.0.